The molecule has 2 heterocycles. The molecule has 2 aromatic rings. The smallest absolute Gasteiger partial charge is 0.175 e. The number of methoxy groups -OCH3 is 1. The van der Waals surface area contributed by atoms with Crippen molar-refractivity contribution in [1.82, 2.24) is 14.8 Å². The van der Waals surface area contributed by atoms with Crippen LogP contribution < -0.4 is 0 Å². The Morgan fingerprint density at radius 1 is 1.36 bits per heavy atom. The van der Waals surface area contributed by atoms with Crippen LogP contribution in [0.4, 0.5) is 0 Å². The summed E-state index contributed by atoms with van der Waals surface area (Å²) in [6.45, 7) is 5.41. The Kier molecular flexibility index (Phi) is 6.49. The van der Waals surface area contributed by atoms with Crippen LogP contribution in [-0.2, 0) is 11.3 Å². The summed E-state index contributed by atoms with van der Waals surface area (Å²) in [5, 5.41) is 8.11. The third-order valence-corrected chi connectivity index (χ3v) is 6.31. The largest absolute Gasteiger partial charge is 0.383 e. The quantitative estimate of drug-likeness (QED) is 0.534. The van der Waals surface area contributed by atoms with Crippen molar-refractivity contribution in [1.29, 1.82) is 0 Å². The van der Waals surface area contributed by atoms with Gasteiger partial charge in [0.25, 0.3) is 0 Å². The predicted molar refractivity (Wildman–Crippen MR) is 92.5 cm³/mol. The summed E-state index contributed by atoms with van der Waals surface area (Å²) < 4.78 is 9.00. The van der Waals surface area contributed by atoms with Gasteiger partial charge in [0.2, 0.25) is 0 Å². The van der Waals surface area contributed by atoms with Gasteiger partial charge < -0.3 is 9.30 Å². The SMILES string of the molecule is COCCn1c(C)cc(C(=O)CSc2nnc(SC)s2)c1C. The lowest BCUT2D eigenvalue weighted by Gasteiger charge is -2.08. The van der Waals surface area contributed by atoms with Crippen molar-refractivity contribution in [2.45, 2.75) is 29.1 Å². The number of aryl methyl sites for hydroxylation is 1. The second-order valence-corrected chi connectivity index (χ2v) is 7.93. The van der Waals surface area contributed by atoms with Crippen LogP contribution in [0.15, 0.2) is 14.7 Å². The normalized spacial score (nSPS) is 11.1. The van der Waals surface area contributed by atoms with Crippen molar-refractivity contribution in [3.8, 4) is 0 Å². The first kappa shape index (κ1) is 17.5. The molecule has 0 saturated carbocycles. The Bertz CT molecular complexity index is 652. The Morgan fingerprint density at radius 2 is 2.09 bits per heavy atom. The van der Waals surface area contributed by atoms with E-state index >= 15 is 0 Å². The summed E-state index contributed by atoms with van der Waals surface area (Å²) in [6, 6.07) is 1.96. The molecule has 0 aliphatic carbocycles. The zero-order valence-corrected chi connectivity index (χ0v) is 15.5. The highest BCUT2D eigenvalue weighted by atomic mass is 32.2. The Hall–Kier alpha value is -0.830. The van der Waals surface area contributed by atoms with Gasteiger partial charge in [-0.1, -0.05) is 34.9 Å². The standard InChI is InChI=1S/C14H19N3O2S3/c1-9-7-11(10(2)17(9)5-6-19-3)12(18)8-21-14-16-15-13(20-4)22-14/h7H,5-6,8H2,1-4H3. The van der Waals surface area contributed by atoms with Gasteiger partial charge in [0.1, 0.15) is 0 Å². The highest BCUT2D eigenvalue weighted by molar-refractivity contribution is 8.03. The van der Waals surface area contributed by atoms with Gasteiger partial charge >= 0.3 is 0 Å². The highest BCUT2D eigenvalue weighted by Gasteiger charge is 2.16. The summed E-state index contributed by atoms with van der Waals surface area (Å²) in [7, 11) is 1.68. The molecule has 2 aromatic heterocycles. The first-order chi connectivity index (χ1) is 10.6. The van der Waals surface area contributed by atoms with Crippen molar-refractivity contribution in [2.24, 2.45) is 0 Å². The zero-order chi connectivity index (χ0) is 16.1. The summed E-state index contributed by atoms with van der Waals surface area (Å²) in [6.07, 6.45) is 1.97. The fourth-order valence-electron chi connectivity index (χ4n) is 2.15. The van der Waals surface area contributed by atoms with E-state index in [9.17, 15) is 4.79 Å². The zero-order valence-electron chi connectivity index (χ0n) is 13.1. The lowest BCUT2D eigenvalue weighted by atomic mass is 10.2. The van der Waals surface area contributed by atoms with Crippen LogP contribution in [0.3, 0.4) is 0 Å². The number of carbonyl (C=O) groups is 1. The van der Waals surface area contributed by atoms with Crippen molar-refractivity contribution >= 4 is 40.6 Å². The van der Waals surface area contributed by atoms with Gasteiger partial charge in [-0.3, -0.25) is 4.79 Å². The molecule has 0 spiro atoms. The first-order valence-corrected chi connectivity index (χ1v) is 9.78. The predicted octanol–water partition coefficient (Wildman–Crippen LogP) is 3.30. The number of ether oxygens (including phenoxy) is 1. The molecule has 0 saturated heterocycles. The summed E-state index contributed by atoms with van der Waals surface area (Å²) in [5.41, 5.74) is 2.88. The van der Waals surface area contributed by atoms with E-state index in [4.69, 9.17) is 4.74 Å². The molecule has 8 heteroatoms. The molecule has 0 aromatic carbocycles. The molecule has 22 heavy (non-hydrogen) atoms. The van der Waals surface area contributed by atoms with Crippen molar-refractivity contribution in [3.05, 3.63) is 23.0 Å². The number of rotatable bonds is 8. The summed E-state index contributed by atoms with van der Waals surface area (Å²) in [4.78, 5) is 12.4. The van der Waals surface area contributed by atoms with E-state index in [-0.39, 0.29) is 5.78 Å². The maximum absolute atomic E-state index is 12.4. The van der Waals surface area contributed by atoms with Crippen molar-refractivity contribution in [2.75, 3.05) is 25.7 Å². The molecular formula is C14H19N3O2S3. The van der Waals surface area contributed by atoms with E-state index in [2.05, 4.69) is 14.8 Å². The van der Waals surface area contributed by atoms with Crippen LogP contribution >= 0.6 is 34.9 Å². The fourth-order valence-corrected chi connectivity index (χ4v) is 4.47. The molecule has 2 rings (SSSR count). The molecule has 0 atom stereocenters. The third-order valence-electron chi connectivity index (χ3n) is 3.28. The number of carbonyl (C=O) groups excluding carboxylic acids is 1. The summed E-state index contributed by atoms with van der Waals surface area (Å²) >= 11 is 4.54. The molecule has 5 nitrogen and oxygen atoms in total. The van der Waals surface area contributed by atoms with E-state index in [1.807, 2.05) is 26.2 Å². The van der Waals surface area contributed by atoms with Crippen LogP contribution in [-0.4, -0.2) is 46.3 Å². The molecule has 0 unspecified atom stereocenters. The van der Waals surface area contributed by atoms with Gasteiger partial charge in [0.15, 0.2) is 14.5 Å². The number of aromatic nitrogens is 3. The maximum atomic E-state index is 12.4. The number of ketones is 1. The Morgan fingerprint density at radius 3 is 2.73 bits per heavy atom. The van der Waals surface area contributed by atoms with Crippen molar-refractivity contribution < 1.29 is 9.53 Å². The molecule has 120 valence electrons. The maximum Gasteiger partial charge on any atom is 0.175 e. The number of Topliss-reactive ketones (excluding diaryl/α,β-unsaturated/α-hetero) is 1. The first-order valence-electron chi connectivity index (χ1n) is 6.76. The lowest BCUT2D eigenvalue weighted by Crippen LogP contribution is -2.09. The number of thioether (sulfide) groups is 2. The molecule has 0 radical (unpaired) electrons. The third kappa shape index (κ3) is 4.13. The molecule has 0 bridgehead atoms. The Labute approximate surface area is 142 Å². The average Bonchev–Trinajstić information content (AvgIpc) is 3.08. The molecule has 0 amide bonds. The van der Waals surface area contributed by atoms with E-state index in [1.165, 1.54) is 23.1 Å². The number of nitrogens with zero attached hydrogens (tertiary/aromatic N) is 3. The minimum Gasteiger partial charge on any atom is -0.383 e. The molecular weight excluding hydrogens is 338 g/mol. The van der Waals surface area contributed by atoms with E-state index in [0.717, 1.165) is 32.2 Å². The number of hydrogen-bond acceptors (Lipinski definition) is 7. The minimum atomic E-state index is 0.127. The van der Waals surface area contributed by atoms with Crippen molar-refractivity contribution in [3.63, 3.8) is 0 Å². The van der Waals surface area contributed by atoms with Crippen LogP contribution in [0.2, 0.25) is 0 Å². The van der Waals surface area contributed by atoms with E-state index in [0.29, 0.717) is 12.4 Å². The monoisotopic (exact) mass is 357 g/mol. The van der Waals surface area contributed by atoms with E-state index < -0.39 is 0 Å². The van der Waals surface area contributed by atoms with Crippen LogP contribution in [0, 0.1) is 13.8 Å². The second kappa shape index (κ2) is 8.14. The van der Waals surface area contributed by atoms with Gasteiger partial charge in [-0.25, -0.2) is 0 Å². The van der Waals surface area contributed by atoms with Crippen LogP contribution in [0.25, 0.3) is 0 Å². The second-order valence-electron chi connectivity index (χ2n) is 4.68. The molecule has 0 N–H and O–H groups in total. The molecule has 0 fully saturated rings. The van der Waals surface area contributed by atoms with Gasteiger partial charge in [0.05, 0.1) is 12.4 Å². The minimum absolute atomic E-state index is 0.127. The topological polar surface area (TPSA) is 57.0 Å². The van der Waals surface area contributed by atoms with Gasteiger partial charge in [-0.2, -0.15) is 0 Å². The molecule has 0 aliphatic heterocycles. The highest BCUT2D eigenvalue weighted by Crippen LogP contribution is 2.28. The van der Waals surface area contributed by atoms with E-state index in [1.54, 1.807) is 18.9 Å². The fraction of sp³-hybridized carbons (Fsp3) is 0.500. The van der Waals surface area contributed by atoms with Gasteiger partial charge in [-0.15, -0.1) is 10.2 Å². The molecule has 0 aliphatic rings. The van der Waals surface area contributed by atoms with Gasteiger partial charge in [0, 0.05) is 30.6 Å². The number of hydrogen-bond donors (Lipinski definition) is 0. The average molecular weight is 358 g/mol. The Balaban J connectivity index is 2.03. The van der Waals surface area contributed by atoms with Crippen LogP contribution in [0.1, 0.15) is 21.7 Å². The lowest BCUT2D eigenvalue weighted by molar-refractivity contribution is 0.102. The van der Waals surface area contributed by atoms with Gasteiger partial charge in [-0.05, 0) is 26.2 Å². The van der Waals surface area contributed by atoms with Crippen LogP contribution in [0.5, 0.6) is 0 Å². The summed E-state index contributed by atoms with van der Waals surface area (Å²) in [5.74, 6) is 0.514.